The molecular weight excluding hydrogens is 368 g/mol. The van der Waals surface area contributed by atoms with Crippen molar-refractivity contribution in [2.75, 3.05) is 46.2 Å². The molecule has 0 aromatic carbocycles. The van der Waals surface area contributed by atoms with Crippen LogP contribution in [0, 0.1) is 0 Å². The van der Waals surface area contributed by atoms with Crippen molar-refractivity contribution in [3.05, 3.63) is 0 Å². The zero-order valence-electron chi connectivity index (χ0n) is 19.4. The van der Waals surface area contributed by atoms with E-state index in [2.05, 4.69) is 13.8 Å². The SMILES string of the molecule is CCCCCCCCCCOCCOCCOCCCC(=O)OCCCCCC. The highest BCUT2D eigenvalue weighted by atomic mass is 16.5. The molecular formula is C24H48O5. The van der Waals surface area contributed by atoms with Crippen molar-refractivity contribution in [2.24, 2.45) is 0 Å². The van der Waals surface area contributed by atoms with Crippen LogP contribution in [0.4, 0.5) is 0 Å². The van der Waals surface area contributed by atoms with E-state index in [9.17, 15) is 4.79 Å². The number of hydrogen-bond donors (Lipinski definition) is 0. The number of rotatable bonds is 24. The predicted octanol–water partition coefficient (Wildman–Crippen LogP) is 6.08. The number of esters is 1. The Kier molecular flexibility index (Phi) is 24.8. The van der Waals surface area contributed by atoms with E-state index in [1.807, 2.05) is 0 Å². The van der Waals surface area contributed by atoms with Gasteiger partial charge in [0.05, 0.1) is 33.0 Å². The van der Waals surface area contributed by atoms with Gasteiger partial charge in [-0.2, -0.15) is 0 Å². The summed E-state index contributed by atoms with van der Waals surface area (Å²) in [6, 6.07) is 0. The number of carbonyl (C=O) groups excluding carboxylic acids is 1. The molecule has 0 amide bonds. The summed E-state index contributed by atoms with van der Waals surface area (Å²) in [4.78, 5) is 11.5. The number of unbranched alkanes of at least 4 members (excludes halogenated alkanes) is 10. The van der Waals surface area contributed by atoms with Gasteiger partial charge in [-0.05, 0) is 19.3 Å². The van der Waals surface area contributed by atoms with Gasteiger partial charge in [0, 0.05) is 19.6 Å². The maximum Gasteiger partial charge on any atom is 0.305 e. The van der Waals surface area contributed by atoms with Crippen LogP contribution in [0.1, 0.15) is 104 Å². The third kappa shape index (κ3) is 25.3. The van der Waals surface area contributed by atoms with Crippen molar-refractivity contribution in [3.63, 3.8) is 0 Å². The molecule has 0 fully saturated rings. The van der Waals surface area contributed by atoms with Gasteiger partial charge < -0.3 is 18.9 Å². The molecule has 29 heavy (non-hydrogen) atoms. The maximum atomic E-state index is 11.5. The molecule has 0 atom stereocenters. The topological polar surface area (TPSA) is 54.0 Å². The fraction of sp³-hybridized carbons (Fsp3) is 0.958. The molecule has 0 bridgehead atoms. The van der Waals surface area contributed by atoms with Crippen molar-refractivity contribution >= 4 is 5.97 Å². The first-order chi connectivity index (χ1) is 14.3. The van der Waals surface area contributed by atoms with Crippen molar-refractivity contribution < 1.29 is 23.7 Å². The molecule has 0 unspecified atom stereocenters. The molecule has 5 nitrogen and oxygen atoms in total. The molecule has 0 aliphatic rings. The van der Waals surface area contributed by atoms with E-state index < -0.39 is 0 Å². The second kappa shape index (κ2) is 25.4. The van der Waals surface area contributed by atoms with E-state index in [0.717, 1.165) is 25.9 Å². The zero-order chi connectivity index (χ0) is 21.3. The van der Waals surface area contributed by atoms with Gasteiger partial charge in [-0.15, -0.1) is 0 Å². The van der Waals surface area contributed by atoms with Crippen LogP contribution in [0.2, 0.25) is 0 Å². The van der Waals surface area contributed by atoms with Crippen LogP contribution in [0.15, 0.2) is 0 Å². The molecule has 0 rings (SSSR count). The van der Waals surface area contributed by atoms with Crippen LogP contribution in [-0.4, -0.2) is 52.2 Å². The van der Waals surface area contributed by atoms with Gasteiger partial charge in [0.2, 0.25) is 0 Å². The van der Waals surface area contributed by atoms with Crippen LogP contribution in [0.25, 0.3) is 0 Å². The fourth-order valence-corrected chi connectivity index (χ4v) is 2.99. The first kappa shape index (κ1) is 28.4. The largest absolute Gasteiger partial charge is 0.466 e. The average molecular weight is 417 g/mol. The summed E-state index contributed by atoms with van der Waals surface area (Å²) in [6.07, 6.45) is 16.2. The van der Waals surface area contributed by atoms with E-state index >= 15 is 0 Å². The Balaban J connectivity index is 3.08. The van der Waals surface area contributed by atoms with E-state index in [1.165, 1.54) is 57.8 Å². The average Bonchev–Trinajstić information content (AvgIpc) is 2.72. The minimum Gasteiger partial charge on any atom is -0.466 e. The predicted molar refractivity (Wildman–Crippen MR) is 119 cm³/mol. The highest BCUT2D eigenvalue weighted by Crippen LogP contribution is 2.08. The monoisotopic (exact) mass is 416 g/mol. The molecule has 0 heterocycles. The molecule has 5 heteroatoms. The van der Waals surface area contributed by atoms with Crippen LogP contribution in [0.5, 0.6) is 0 Å². The highest BCUT2D eigenvalue weighted by Gasteiger charge is 2.02. The lowest BCUT2D eigenvalue weighted by molar-refractivity contribution is -0.144. The van der Waals surface area contributed by atoms with Gasteiger partial charge in [0.25, 0.3) is 0 Å². The Morgan fingerprint density at radius 3 is 1.48 bits per heavy atom. The molecule has 0 spiro atoms. The van der Waals surface area contributed by atoms with E-state index in [-0.39, 0.29) is 5.97 Å². The normalized spacial score (nSPS) is 11.1. The summed E-state index contributed by atoms with van der Waals surface area (Å²) in [5, 5.41) is 0. The van der Waals surface area contributed by atoms with Gasteiger partial charge >= 0.3 is 5.97 Å². The third-order valence-corrected chi connectivity index (χ3v) is 4.82. The molecule has 0 saturated heterocycles. The smallest absolute Gasteiger partial charge is 0.305 e. The number of hydrogen-bond acceptors (Lipinski definition) is 5. The summed E-state index contributed by atoms with van der Waals surface area (Å²) in [5.41, 5.74) is 0. The minimum absolute atomic E-state index is 0.116. The van der Waals surface area contributed by atoms with Gasteiger partial charge in [-0.3, -0.25) is 4.79 Å². The molecule has 0 N–H and O–H groups in total. The molecule has 0 radical (unpaired) electrons. The molecule has 0 aromatic rings. The van der Waals surface area contributed by atoms with Crippen molar-refractivity contribution in [3.8, 4) is 0 Å². The first-order valence-corrected chi connectivity index (χ1v) is 12.2. The van der Waals surface area contributed by atoms with Crippen molar-refractivity contribution in [1.29, 1.82) is 0 Å². The van der Waals surface area contributed by atoms with Gasteiger partial charge in [-0.25, -0.2) is 0 Å². The summed E-state index contributed by atoms with van der Waals surface area (Å²) in [5.74, 6) is -0.116. The van der Waals surface area contributed by atoms with Crippen LogP contribution < -0.4 is 0 Å². The summed E-state index contributed by atoms with van der Waals surface area (Å²) in [6.45, 7) is 8.79. The number of ether oxygens (including phenoxy) is 4. The Labute approximate surface area is 180 Å². The Morgan fingerprint density at radius 2 is 0.897 bits per heavy atom. The standard InChI is InChI=1S/C24H48O5/c1-3-5-7-9-10-11-12-13-17-26-20-22-28-23-21-27-18-15-16-24(25)29-19-14-8-6-4-2/h3-23H2,1-2H3. The summed E-state index contributed by atoms with van der Waals surface area (Å²) in [7, 11) is 0. The lowest BCUT2D eigenvalue weighted by Crippen LogP contribution is -2.11. The highest BCUT2D eigenvalue weighted by molar-refractivity contribution is 5.69. The quantitative estimate of drug-likeness (QED) is 0.141. The third-order valence-electron chi connectivity index (χ3n) is 4.82. The van der Waals surface area contributed by atoms with Crippen molar-refractivity contribution in [1.82, 2.24) is 0 Å². The van der Waals surface area contributed by atoms with E-state index in [0.29, 0.717) is 52.5 Å². The van der Waals surface area contributed by atoms with Crippen LogP contribution in [-0.2, 0) is 23.7 Å². The Bertz CT molecular complexity index is 322. The molecule has 174 valence electrons. The van der Waals surface area contributed by atoms with Crippen LogP contribution >= 0.6 is 0 Å². The molecule has 0 aromatic heterocycles. The first-order valence-electron chi connectivity index (χ1n) is 12.2. The molecule has 0 aliphatic carbocycles. The minimum atomic E-state index is -0.116. The second-order valence-electron chi connectivity index (χ2n) is 7.70. The van der Waals surface area contributed by atoms with Crippen molar-refractivity contribution in [2.45, 2.75) is 104 Å². The summed E-state index contributed by atoms with van der Waals surface area (Å²) < 4.78 is 21.7. The lowest BCUT2D eigenvalue weighted by Gasteiger charge is -2.07. The van der Waals surface area contributed by atoms with Gasteiger partial charge in [-0.1, -0.05) is 78.1 Å². The van der Waals surface area contributed by atoms with Crippen LogP contribution in [0.3, 0.4) is 0 Å². The molecule has 0 saturated carbocycles. The zero-order valence-corrected chi connectivity index (χ0v) is 19.4. The Hall–Kier alpha value is -0.650. The fourth-order valence-electron chi connectivity index (χ4n) is 2.99. The Morgan fingerprint density at radius 1 is 0.483 bits per heavy atom. The number of carbonyl (C=O) groups is 1. The second-order valence-corrected chi connectivity index (χ2v) is 7.70. The lowest BCUT2D eigenvalue weighted by atomic mass is 10.1. The summed E-state index contributed by atoms with van der Waals surface area (Å²) >= 11 is 0. The maximum absolute atomic E-state index is 11.5. The molecule has 0 aliphatic heterocycles. The van der Waals surface area contributed by atoms with E-state index in [4.69, 9.17) is 18.9 Å². The van der Waals surface area contributed by atoms with E-state index in [1.54, 1.807) is 0 Å². The van der Waals surface area contributed by atoms with Gasteiger partial charge in [0.1, 0.15) is 0 Å². The van der Waals surface area contributed by atoms with Gasteiger partial charge in [0.15, 0.2) is 0 Å².